The molecule has 0 aliphatic carbocycles. The molecule has 0 spiro atoms. The predicted octanol–water partition coefficient (Wildman–Crippen LogP) is 1.30. The van der Waals surface area contributed by atoms with Crippen LogP contribution in [0.3, 0.4) is 0 Å². The van der Waals surface area contributed by atoms with E-state index in [-0.39, 0.29) is 17.9 Å². The molecule has 2 aliphatic heterocycles. The van der Waals surface area contributed by atoms with Crippen LogP contribution in [0.4, 0.5) is 0 Å². The average Bonchev–Trinajstić information content (AvgIpc) is 2.74. The van der Waals surface area contributed by atoms with E-state index in [2.05, 4.69) is 70.9 Å². The summed E-state index contributed by atoms with van der Waals surface area (Å²) in [4.78, 5) is 16.3. The molecule has 0 aromatic heterocycles. The van der Waals surface area contributed by atoms with Gasteiger partial charge in [-0.2, -0.15) is 0 Å². The lowest BCUT2D eigenvalue weighted by molar-refractivity contribution is -0.138. The van der Waals surface area contributed by atoms with Gasteiger partial charge in [0.15, 0.2) is 0 Å². The first-order valence-corrected chi connectivity index (χ1v) is 9.73. The number of amides is 1. The molecular weight excluding hydrogens is 338 g/mol. The first-order chi connectivity index (χ1) is 13.3. The van der Waals surface area contributed by atoms with Gasteiger partial charge in [-0.15, -0.1) is 0 Å². The molecule has 0 radical (unpaired) electrons. The summed E-state index contributed by atoms with van der Waals surface area (Å²) >= 11 is 0. The number of fused-ring (bicyclic) bond motifs is 1. The maximum absolute atomic E-state index is 11.9. The minimum Gasteiger partial charge on any atom is -0.387 e. The number of aliphatic hydroxyl groups is 1. The molecule has 0 saturated carbocycles. The summed E-state index contributed by atoms with van der Waals surface area (Å²) < 4.78 is 0. The molecule has 5 heteroatoms. The maximum atomic E-state index is 11.9. The number of benzene rings is 2. The van der Waals surface area contributed by atoms with Crippen LogP contribution >= 0.6 is 0 Å². The van der Waals surface area contributed by atoms with E-state index in [1.807, 2.05) is 0 Å². The number of nitrogens with zero attached hydrogens (tertiary/aromatic N) is 2. The fourth-order valence-corrected chi connectivity index (χ4v) is 4.60. The molecule has 4 rings (SSSR count). The lowest BCUT2D eigenvalue weighted by Gasteiger charge is -2.50. The minimum absolute atomic E-state index is 0.167. The van der Waals surface area contributed by atoms with E-state index in [1.165, 1.54) is 11.1 Å². The van der Waals surface area contributed by atoms with Crippen LogP contribution in [0.5, 0.6) is 0 Å². The Morgan fingerprint density at radius 3 is 2.22 bits per heavy atom. The molecule has 2 aliphatic rings. The third-order valence-electron chi connectivity index (χ3n) is 5.88. The molecule has 2 aromatic carbocycles. The Bertz CT molecular complexity index is 713. The van der Waals surface area contributed by atoms with Crippen LogP contribution in [0.15, 0.2) is 60.7 Å². The highest BCUT2D eigenvalue weighted by Crippen LogP contribution is 2.33. The zero-order chi connectivity index (χ0) is 18.6. The third-order valence-corrected chi connectivity index (χ3v) is 5.88. The summed E-state index contributed by atoms with van der Waals surface area (Å²) in [5, 5.41) is 12.8. The van der Waals surface area contributed by atoms with E-state index in [0.717, 1.165) is 19.6 Å². The highest BCUT2D eigenvalue weighted by atomic mass is 16.3. The Labute approximate surface area is 160 Å². The van der Waals surface area contributed by atoms with Gasteiger partial charge in [-0.3, -0.25) is 9.69 Å². The van der Waals surface area contributed by atoms with Gasteiger partial charge in [-0.05, 0) is 11.1 Å². The molecule has 2 heterocycles. The van der Waals surface area contributed by atoms with E-state index in [0.29, 0.717) is 19.1 Å². The van der Waals surface area contributed by atoms with Crippen molar-refractivity contribution in [1.82, 2.24) is 15.1 Å². The SMILES string of the molecule is O=C(CO)N1CCN2C(CNCC2C(c2ccccc2)c2ccccc2)C1. The van der Waals surface area contributed by atoms with Crippen molar-refractivity contribution in [3.8, 4) is 0 Å². The molecule has 27 heavy (non-hydrogen) atoms. The Balaban J connectivity index is 1.63. The first kappa shape index (κ1) is 18.2. The molecule has 2 atom stereocenters. The van der Waals surface area contributed by atoms with Gasteiger partial charge in [0.1, 0.15) is 6.61 Å². The topological polar surface area (TPSA) is 55.8 Å². The summed E-state index contributed by atoms with van der Waals surface area (Å²) in [7, 11) is 0. The van der Waals surface area contributed by atoms with Crippen LogP contribution in [0, 0.1) is 0 Å². The quantitative estimate of drug-likeness (QED) is 0.858. The van der Waals surface area contributed by atoms with Crippen molar-refractivity contribution in [1.29, 1.82) is 0 Å². The largest absolute Gasteiger partial charge is 0.387 e. The smallest absolute Gasteiger partial charge is 0.248 e. The molecule has 0 bridgehead atoms. The number of piperazine rings is 2. The summed E-state index contributed by atoms with van der Waals surface area (Å²) in [6.07, 6.45) is 0. The third kappa shape index (κ3) is 3.76. The molecule has 1 amide bonds. The Morgan fingerprint density at radius 2 is 1.63 bits per heavy atom. The molecule has 142 valence electrons. The Morgan fingerprint density at radius 1 is 1.00 bits per heavy atom. The molecule has 2 saturated heterocycles. The van der Waals surface area contributed by atoms with Gasteiger partial charge in [-0.25, -0.2) is 0 Å². The molecule has 2 fully saturated rings. The number of nitrogens with one attached hydrogen (secondary N) is 1. The zero-order valence-corrected chi connectivity index (χ0v) is 15.5. The van der Waals surface area contributed by atoms with Gasteiger partial charge in [0, 0.05) is 50.7 Å². The minimum atomic E-state index is -0.403. The maximum Gasteiger partial charge on any atom is 0.248 e. The molecule has 2 unspecified atom stereocenters. The average molecular weight is 365 g/mol. The monoisotopic (exact) mass is 365 g/mol. The van der Waals surface area contributed by atoms with Crippen molar-refractivity contribution in [2.24, 2.45) is 0 Å². The van der Waals surface area contributed by atoms with Crippen molar-refractivity contribution < 1.29 is 9.90 Å². The van der Waals surface area contributed by atoms with Crippen LogP contribution < -0.4 is 5.32 Å². The Kier molecular flexibility index (Phi) is 5.53. The van der Waals surface area contributed by atoms with Crippen LogP contribution in [0.25, 0.3) is 0 Å². The predicted molar refractivity (Wildman–Crippen MR) is 106 cm³/mol. The van der Waals surface area contributed by atoms with E-state index in [9.17, 15) is 9.90 Å². The zero-order valence-electron chi connectivity index (χ0n) is 15.5. The second kappa shape index (κ2) is 8.21. The molecule has 2 N–H and O–H groups in total. The van der Waals surface area contributed by atoms with Gasteiger partial charge in [0.2, 0.25) is 5.91 Å². The van der Waals surface area contributed by atoms with Crippen molar-refractivity contribution in [3.05, 3.63) is 71.8 Å². The summed E-state index contributed by atoms with van der Waals surface area (Å²) in [5.74, 6) is 0.113. The lowest BCUT2D eigenvalue weighted by atomic mass is 9.82. The highest BCUT2D eigenvalue weighted by molar-refractivity contribution is 5.77. The number of rotatable bonds is 4. The van der Waals surface area contributed by atoms with Crippen LogP contribution in [0.2, 0.25) is 0 Å². The van der Waals surface area contributed by atoms with Crippen LogP contribution in [-0.2, 0) is 4.79 Å². The van der Waals surface area contributed by atoms with Crippen molar-refractivity contribution >= 4 is 5.91 Å². The van der Waals surface area contributed by atoms with E-state index >= 15 is 0 Å². The number of carbonyl (C=O) groups excluding carboxylic acids is 1. The normalized spacial score (nSPS) is 23.3. The second-order valence-electron chi connectivity index (χ2n) is 7.41. The van der Waals surface area contributed by atoms with Crippen molar-refractivity contribution in [2.45, 2.75) is 18.0 Å². The molecule has 5 nitrogen and oxygen atoms in total. The molecule has 2 aromatic rings. The fraction of sp³-hybridized carbons (Fsp3) is 0.409. The second-order valence-corrected chi connectivity index (χ2v) is 7.41. The van der Waals surface area contributed by atoms with Gasteiger partial charge in [0.25, 0.3) is 0 Å². The van der Waals surface area contributed by atoms with Crippen molar-refractivity contribution in [3.63, 3.8) is 0 Å². The summed E-state index contributed by atoms with van der Waals surface area (Å²) in [5.41, 5.74) is 2.65. The standard InChI is InChI=1S/C22H27N3O2/c26-16-21(27)24-11-12-25-19(15-24)13-23-14-20(25)22(17-7-3-1-4-8-17)18-9-5-2-6-10-18/h1-10,19-20,22-23,26H,11-16H2. The van der Waals surface area contributed by atoms with Crippen molar-refractivity contribution in [2.75, 3.05) is 39.3 Å². The van der Waals surface area contributed by atoms with Gasteiger partial charge in [0.05, 0.1) is 0 Å². The number of hydrogen-bond donors (Lipinski definition) is 2. The lowest BCUT2D eigenvalue weighted by Crippen LogP contribution is -2.67. The van der Waals surface area contributed by atoms with Crippen LogP contribution in [0.1, 0.15) is 17.0 Å². The first-order valence-electron chi connectivity index (χ1n) is 9.73. The number of hydrogen-bond acceptors (Lipinski definition) is 4. The molecular formula is C22H27N3O2. The van der Waals surface area contributed by atoms with Gasteiger partial charge < -0.3 is 15.3 Å². The fourth-order valence-electron chi connectivity index (χ4n) is 4.60. The van der Waals surface area contributed by atoms with E-state index in [1.54, 1.807) is 4.90 Å². The van der Waals surface area contributed by atoms with Gasteiger partial charge >= 0.3 is 0 Å². The highest BCUT2D eigenvalue weighted by Gasteiger charge is 2.40. The number of carbonyl (C=O) groups is 1. The number of aliphatic hydroxyl groups excluding tert-OH is 1. The van der Waals surface area contributed by atoms with E-state index < -0.39 is 6.61 Å². The Hall–Kier alpha value is -2.21. The summed E-state index contributed by atoms with van der Waals surface area (Å²) in [6, 6.07) is 22.0. The van der Waals surface area contributed by atoms with Gasteiger partial charge in [-0.1, -0.05) is 60.7 Å². The summed E-state index contributed by atoms with van der Waals surface area (Å²) in [6.45, 7) is 3.61. The van der Waals surface area contributed by atoms with Crippen LogP contribution in [-0.4, -0.2) is 72.2 Å². The van der Waals surface area contributed by atoms with E-state index in [4.69, 9.17) is 0 Å².